The molecule has 0 atom stereocenters. The summed E-state index contributed by atoms with van der Waals surface area (Å²) in [5.74, 6) is -1.02. The molecule has 0 heterocycles. The third-order valence-corrected chi connectivity index (χ3v) is 2.49. The molecule has 0 unspecified atom stereocenters. The number of hydrogen-bond acceptors (Lipinski definition) is 3. The minimum absolute atomic E-state index is 0.252. The molecule has 0 radical (unpaired) electrons. The second-order valence-electron chi connectivity index (χ2n) is 4.03. The monoisotopic (exact) mass is 257 g/mol. The standard InChI is InChI=1S/C15H12FNO2/c1-11-2-4-12(5-3-11)10-17-19-15(18)13-6-8-14(16)9-7-13/h2-10H,1H3/b17-10+. The fraction of sp³-hybridized carbons (Fsp3) is 0.0667. The van der Waals surface area contributed by atoms with Crippen molar-refractivity contribution in [1.29, 1.82) is 0 Å². The molecule has 0 aliphatic carbocycles. The fourth-order valence-electron chi connectivity index (χ4n) is 1.43. The Morgan fingerprint density at radius 2 is 1.74 bits per heavy atom. The minimum atomic E-state index is -0.622. The Morgan fingerprint density at radius 3 is 2.37 bits per heavy atom. The van der Waals surface area contributed by atoms with Crippen molar-refractivity contribution in [2.24, 2.45) is 5.16 Å². The lowest BCUT2D eigenvalue weighted by Gasteiger charge is -1.98. The summed E-state index contributed by atoms with van der Waals surface area (Å²) >= 11 is 0. The summed E-state index contributed by atoms with van der Waals surface area (Å²) in [6, 6.07) is 12.7. The van der Waals surface area contributed by atoms with Crippen LogP contribution in [0, 0.1) is 12.7 Å². The van der Waals surface area contributed by atoms with E-state index in [-0.39, 0.29) is 5.56 Å². The van der Waals surface area contributed by atoms with Crippen molar-refractivity contribution in [3.05, 3.63) is 71.0 Å². The van der Waals surface area contributed by atoms with Crippen molar-refractivity contribution in [3.63, 3.8) is 0 Å². The molecule has 4 heteroatoms. The van der Waals surface area contributed by atoms with Crippen molar-refractivity contribution in [2.45, 2.75) is 6.92 Å². The van der Waals surface area contributed by atoms with Crippen molar-refractivity contribution >= 4 is 12.2 Å². The van der Waals surface area contributed by atoms with Crippen LogP contribution in [-0.2, 0) is 4.84 Å². The normalized spacial score (nSPS) is 10.6. The van der Waals surface area contributed by atoms with Gasteiger partial charge in [-0.1, -0.05) is 35.0 Å². The third-order valence-electron chi connectivity index (χ3n) is 2.49. The molecule has 3 nitrogen and oxygen atoms in total. The Kier molecular flexibility index (Phi) is 4.03. The summed E-state index contributed by atoms with van der Waals surface area (Å²) in [7, 11) is 0. The Balaban J connectivity index is 1.96. The first-order valence-corrected chi connectivity index (χ1v) is 5.72. The van der Waals surface area contributed by atoms with E-state index in [0.717, 1.165) is 11.1 Å². The third kappa shape index (κ3) is 3.74. The highest BCUT2D eigenvalue weighted by Crippen LogP contribution is 2.05. The van der Waals surface area contributed by atoms with Crippen LogP contribution in [0.25, 0.3) is 0 Å². The molecule has 0 N–H and O–H groups in total. The molecule has 2 aromatic carbocycles. The van der Waals surface area contributed by atoms with E-state index in [9.17, 15) is 9.18 Å². The van der Waals surface area contributed by atoms with Gasteiger partial charge in [0.1, 0.15) is 5.82 Å². The van der Waals surface area contributed by atoms with Crippen LogP contribution in [0.2, 0.25) is 0 Å². The molecule has 0 saturated carbocycles. The van der Waals surface area contributed by atoms with Crippen LogP contribution in [0.1, 0.15) is 21.5 Å². The molecular formula is C15H12FNO2. The van der Waals surface area contributed by atoms with Gasteiger partial charge in [-0.3, -0.25) is 0 Å². The van der Waals surface area contributed by atoms with Crippen molar-refractivity contribution in [3.8, 4) is 0 Å². The highest BCUT2D eigenvalue weighted by atomic mass is 19.1. The van der Waals surface area contributed by atoms with Crippen molar-refractivity contribution < 1.29 is 14.0 Å². The number of oxime groups is 1. The summed E-state index contributed by atoms with van der Waals surface area (Å²) in [6.45, 7) is 1.98. The number of aryl methyl sites for hydroxylation is 1. The number of benzene rings is 2. The Labute approximate surface area is 110 Å². The second-order valence-corrected chi connectivity index (χ2v) is 4.03. The summed E-state index contributed by atoms with van der Waals surface area (Å²) in [4.78, 5) is 16.3. The predicted molar refractivity (Wildman–Crippen MR) is 70.6 cm³/mol. The van der Waals surface area contributed by atoms with E-state index in [0.29, 0.717) is 0 Å². The summed E-state index contributed by atoms with van der Waals surface area (Å²) in [5, 5.41) is 3.60. The molecule has 0 bridgehead atoms. The molecular weight excluding hydrogens is 245 g/mol. The first-order valence-electron chi connectivity index (χ1n) is 5.72. The van der Waals surface area contributed by atoms with Gasteiger partial charge in [-0.15, -0.1) is 0 Å². The molecule has 0 amide bonds. The van der Waals surface area contributed by atoms with Crippen molar-refractivity contribution in [2.75, 3.05) is 0 Å². The van der Waals surface area contributed by atoms with Gasteiger partial charge < -0.3 is 4.84 Å². The SMILES string of the molecule is Cc1ccc(/C=N/OC(=O)c2ccc(F)cc2)cc1. The Morgan fingerprint density at radius 1 is 1.11 bits per heavy atom. The number of rotatable bonds is 3. The quantitative estimate of drug-likeness (QED) is 0.480. The molecule has 0 aliphatic rings. The van der Waals surface area contributed by atoms with Crippen LogP contribution in [0.4, 0.5) is 4.39 Å². The van der Waals surface area contributed by atoms with Gasteiger partial charge in [0.2, 0.25) is 0 Å². The van der Waals surface area contributed by atoms with Gasteiger partial charge in [-0.25, -0.2) is 9.18 Å². The molecule has 0 spiro atoms. The molecule has 2 rings (SSSR count). The lowest BCUT2D eigenvalue weighted by molar-refractivity contribution is 0.0519. The zero-order valence-electron chi connectivity index (χ0n) is 10.3. The molecule has 0 saturated heterocycles. The number of carbonyl (C=O) groups excluding carboxylic acids is 1. The number of hydrogen-bond donors (Lipinski definition) is 0. The molecule has 96 valence electrons. The minimum Gasteiger partial charge on any atom is -0.313 e. The average Bonchev–Trinajstić information content (AvgIpc) is 2.41. The van der Waals surface area contributed by atoms with E-state index in [1.807, 2.05) is 31.2 Å². The van der Waals surface area contributed by atoms with E-state index in [4.69, 9.17) is 4.84 Å². The summed E-state index contributed by atoms with van der Waals surface area (Å²) in [5.41, 5.74) is 2.22. The maximum Gasteiger partial charge on any atom is 0.365 e. The van der Waals surface area contributed by atoms with Crippen LogP contribution >= 0.6 is 0 Å². The highest BCUT2D eigenvalue weighted by Gasteiger charge is 2.06. The smallest absolute Gasteiger partial charge is 0.313 e. The number of nitrogens with zero attached hydrogens (tertiary/aromatic N) is 1. The van der Waals surface area contributed by atoms with Crippen LogP contribution in [0.15, 0.2) is 53.7 Å². The van der Waals surface area contributed by atoms with Gasteiger partial charge >= 0.3 is 5.97 Å². The van der Waals surface area contributed by atoms with Crippen LogP contribution in [-0.4, -0.2) is 12.2 Å². The first-order chi connectivity index (χ1) is 9.15. The fourth-order valence-corrected chi connectivity index (χ4v) is 1.43. The Bertz CT molecular complexity index is 589. The zero-order valence-corrected chi connectivity index (χ0v) is 10.3. The second kappa shape index (κ2) is 5.91. The largest absolute Gasteiger partial charge is 0.365 e. The van der Waals surface area contributed by atoms with E-state index >= 15 is 0 Å². The highest BCUT2D eigenvalue weighted by molar-refractivity contribution is 5.90. The van der Waals surface area contributed by atoms with E-state index in [1.54, 1.807) is 0 Å². The topological polar surface area (TPSA) is 38.7 Å². The van der Waals surface area contributed by atoms with E-state index in [1.165, 1.54) is 30.5 Å². The van der Waals surface area contributed by atoms with Gasteiger partial charge in [-0.05, 0) is 36.8 Å². The number of carbonyl (C=O) groups is 1. The van der Waals surface area contributed by atoms with E-state index in [2.05, 4.69) is 5.16 Å². The van der Waals surface area contributed by atoms with Gasteiger partial charge in [-0.2, -0.15) is 0 Å². The molecule has 0 fully saturated rings. The number of halogens is 1. The predicted octanol–water partition coefficient (Wildman–Crippen LogP) is 3.33. The van der Waals surface area contributed by atoms with Crippen molar-refractivity contribution in [1.82, 2.24) is 0 Å². The zero-order chi connectivity index (χ0) is 13.7. The maximum absolute atomic E-state index is 12.7. The van der Waals surface area contributed by atoms with Gasteiger partial charge in [0.25, 0.3) is 0 Å². The van der Waals surface area contributed by atoms with Crippen LogP contribution in [0.5, 0.6) is 0 Å². The van der Waals surface area contributed by atoms with E-state index < -0.39 is 11.8 Å². The lowest BCUT2D eigenvalue weighted by Crippen LogP contribution is -2.00. The molecule has 19 heavy (non-hydrogen) atoms. The molecule has 2 aromatic rings. The summed E-state index contributed by atoms with van der Waals surface area (Å²) < 4.78 is 12.7. The van der Waals surface area contributed by atoms with Gasteiger partial charge in [0, 0.05) is 0 Å². The Hall–Kier alpha value is -2.49. The summed E-state index contributed by atoms with van der Waals surface area (Å²) in [6.07, 6.45) is 1.45. The molecule has 0 aliphatic heterocycles. The van der Waals surface area contributed by atoms with Crippen LogP contribution < -0.4 is 0 Å². The lowest BCUT2D eigenvalue weighted by atomic mass is 10.2. The average molecular weight is 257 g/mol. The van der Waals surface area contributed by atoms with Gasteiger partial charge in [0.05, 0.1) is 11.8 Å². The maximum atomic E-state index is 12.7. The van der Waals surface area contributed by atoms with Gasteiger partial charge in [0.15, 0.2) is 0 Å². The van der Waals surface area contributed by atoms with Crippen LogP contribution in [0.3, 0.4) is 0 Å². The molecule has 0 aromatic heterocycles. The first kappa shape index (κ1) is 13.0.